The number of nitrogens with two attached hydrogens (primary N) is 1. The highest BCUT2D eigenvalue weighted by molar-refractivity contribution is 5.92. The lowest BCUT2D eigenvalue weighted by Gasteiger charge is -2.12. The van der Waals surface area contributed by atoms with Gasteiger partial charge in [0, 0.05) is 16.6 Å². The van der Waals surface area contributed by atoms with E-state index in [1.807, 2.05) is 38.1 Å². The third-order valence-corrected chi connectivity index (χ3v) is 3.33. The van der Waals surface area contributed by atoms with E-state index in [1.54, 1.807) is 0 Å². The van der Waals surface area contributed by atoms with Crippen LogP contribution in [0, 0.1) is 13.8 Å². The number of fused-ring (bicyclic) bond motifs is 1. The number of nitrogens with one attached hydrogen (secondary N) is 2. The Balaban J connectivity index is 2.08. The quantitative estimate of drug-likeness (QED) is 0.505. The molecule has 1 aromatic carbocycles. The van der Waals surface area contributed by atoms with Crippen LogP contribution in [-0.2, 0) is 0 Å². The van der Waals surface area contributed by atoms with Gasteiger partial charge in [-0.25, -0.2) is 15.8 Å². The summed E-state index contributed by atoms with van der Waals surface area (Å²) in [5.74, 6) is 6.74. The first-order valence-corrected chi connectivity index (χ1v) is 6.60. The van der Waals surface area contributed by atoms with Crippen molar-refractivity contribution in [2.45, 2.75) is 13.8 Å². The molecule has 106 valence electrons. The summed E-state index contributed by atoms with van der Waals surface area (Å²) in [5.41, 5.74) is 6.20. The van der Waals surface area contributed by atoms with Crippen LogP contribution in [0.5, 0.6) is 0 Å². The van der Waals surface area contributed by atoms with Crippen molar-refractivity contribution in [3.8, 4) is 0 Å². The van der Waals surface area contributed by atoms with Crippen molar-refractivity contribution in [2.24, 2.45) is 5.84 Å². The number of para-hydroxylation sites is 1. The van der Waals surface area contributed by atoms with E-state index >= 15 is 0 Å². The first-order chi connectivity index (χ1) is 10.2. The van der Waals surface area contributed by atoms with Crippen LogP contribution in [0.15, 0.2) is 36.7 Å². The molecule has 2 aromatic heterocycles. The van der Waals surface area contributed by atoms with Crippen LogP contribution in [0.4, 0.5) is 17.3 Å². The maximum absolute atomic E-state index is 5.44. The summed E-state index contributed by atoms with van der Waals surface area (Å²) in [6.45, 7) is 3.88. The second kappa shape index (κ2) is 5.34. The van der Waals surface area contributed by atoms with Gasteiger partial charge in [0.15, 0.2) is 0 Å². The van der Waals surface area contributed by atoms with Crippen molar-refractivity contribution >= 4 is 28.2 Å². The number of hydrogen-bond donors (Lipinski definition) is 3. The molecule has 0 aliphatic rings. The maximum atomic E-state index is 5.44. The average molecular weight is 280 g/mol. The number of anilines is 3. The highest BCUT2D eigenvalue weighted by Crippen LogP contribution is 2.27. The molecular weight excluding hydrogens is 264 g/mol. The second-order valence-electron chi connectivity index (χ2n) is 4.80. The Bertz CT molecular complexity index is 799. The Morgan fingerprint density at radius 3 is 2.62 bits per heavy atom. The zero-order valence-electron chi connectivity index (χ0n) is 11.9. The number of nitrogen functional groups attached to an aromatic ring is 1. The van der Waals surface area contributed by atoms with E-state index in [-0.39, 0.29) is 0 Å². The van der Waals surface area contributed by atoms with E-state index in [2.05, 4.69) is 31.8 Å². The van der Waals surface area contributed by atoms with Gasteiger partial charge in [-0.1, -0.05) is 18.2 Å². The Labute approximate surface area is 122 Å². The fourth-order valence-corrected chi connectivity index (χ4v) is 2.19. The van der Waals surface area contributed by atoms with Gasteiger partial charge in [0.05, 0.1) is 11.2 Å². The molecule has 3 rings (SSSR count). The first kappa shape index (κ1) is 13.3. The molecule has 0 aliphatic heterocycles. The van der Waals surface area contributed by atoms with E-state index in [1.165, 1.54) is 6.33 Å². The van der Waals surface area contributed by atoms with E-state index < -0.39 is 0 Å². The van der Waals surface area contributed by atoms with Gasteiger partial charge in [0.2, 0.25) is 0 Å². The summed E-state index contributed by atoms with van der Waals surface area (Å²) < 4.78 is 0. The lowest BCUT2D eigenvalue weighted by molar-refractivity contribution is 1.11. The van der Waals surface area contributed by atoms with E-state index in [4.69, 9.17) is 5.84 Å². The van der Waals surface area contributed by atoms with Crippen molar-refractivity contribution in [3.05, 3.63) is 47.9 Å². The van der Waals surface area contributed by atoms with Crippen molar-refractivity contribution < 1.29 is 0 Å². The van der Waals surface area contributed by atoms with Gasteiger partial charge in [-0.2, -0.15) is 0 Å². The molecule has 0 atom stereocenters. The van der Waals surface area contributed by atoms with Gasteiger partial charge in [0.1, 0.15) is 18.0 Å². The molecule has 2 heterocycles. The second-order valence-corrected chi connectivity index (χ2v) is 4.80. The van der Waals surface area contributed by atoms with Crippen LogP contribution in [0.3, 0.4) is 0 Å². The number of rotatable bonds is 3. The minimum atomic E-state index is 0.594. The number of hydrogen-bond acceptors (Lipinski definition) is 6. The molecule has 4 N–H and O–H groups in total. The van der Waals surface area contributed by atoms with Crippen LogP contribution < -0.4 is 16.6 Å². The third kappa shape index (κ3) is 2.48. The summed E-state index contributed by atoms with van der Waals surface area (Å²) in [6.07, 6.45) is 1.47. The van der Waals surface area contributed by atoms with Gasteiger partial charge in [-0.15, -0.1) is 0 Å². The molecule has 0 unspecified atom stereocenters. The van der Waals surface area contributed by atoms with Crippen molar-refractivity contribution in [1.82, 2.24) is 15.0 Å². The zero-order chi connectivity index (χ0) is 14.8. The summed E-state index contributed by atoms with van der Waals surface area (Å²) >= 11 is 0. The number of nitrogens with zero attached hydrogens (tertiary/aromatic N) is 3. The molecule has 0 amide bonds. The molecule has 0 spiro atoms. The van der Waals surface area contributed by atoms with Crippen molar-refractivity contribution in [1.29, 1.82) is 0 Å². The molecule has 3 aromatic rings. The Morgan fingerprint density at radius 2 is 1.81 bits per heavy atom. The predicted octanol–water partition coefficient (Wildman–Crippen LogP) is 2.67. The van der Waals surface area contributed by atoms with Crippen LogP contribution in [0.1, 0.15) is 11.3 Å². The lowest BCUT2D eigenvalue weighted by Crippen LogP contribution is -2.11. The molecule has 0 fully saturated rings. The van der Waals surface area contributed by atoms with Crippen LogP contribution in [-0.4, -0.2) is 15.0 Å². The minimum absolute atomic E-state index is 0.594. The van der Waals surface area contributed by atoms with E-state index in [0.717, 1.165) is 27.8 Å². The Kier molecular flexibility index (Phi) is 3.37. The number of hydrazine groups is 1. The predicted molar refractivity (Wildman–Crippen MR) is 84.3 cm³/mol. The molecule has 21 heavy (non-hydrogen) atoms. The Hall–Kier alpha value is -2.73. The third-order valence-electron chi connectivity index (χ3n) is 3.33. The van der Waals surface area contributed by atoms with Gasteiger partial charge < -0.3 is 10.7 Å². The SMILES string of the molecule is Cc1ccc2cccc(Nc3ncnc(NN)c3C)c2n1. The molecule has 0 saturated carbocycles. The molecule has 0 saturated heterocycles. The highest BCUT2D eigenvalue weighted by Gasteiger charge is 2.08. The zero-order valence-corrected chi connectivity index (χ0v) is 11.9. The van der Waals surface area contributed by atoms with Crippen LogP contribution in [0.25, 0.3) is 10.9 Å². The molecular formula is C15H16N6. The maximum Gasteiger partial charge on any atom is 0.148 e. The number of aromatic nitrogens is 3. The molecule has 0 radical (unpaired) electrons. The summed E-state index contributed by atoms with van der Waals surface area (Å²) in [7, 11) is 0. The van der Waals surface area contributed by atoms with E-state index in [0.29, 0.717) is 11.6 Å². The largest absolute Gasteiger partial charge is 0.338 e. The standard InChI is InChI=1S/C15H16N6/c1-9-6-7-11-4-3-5-12(13(11)19-9)20-14-10(2)15(21-16)18-8-17-14/h3-8H,16H2,1-2H3,(H2,17,18,20,21). The summed E-state index contributed by atoms with van der Waals surface area (Å²) in [6, 6.07) is 10.1. The topological polar surface area (TPSA) is 88.8 Å². The van der Waals surface area contributed by atoms with Crippen LogP contribution in [0.2, 0.25) is 0 Å². The molecule has 6 heteroatoms. The molecule has 0 bridgehead atoms. The smallest absolute Gasteiger partial charge is 0.148 e. The first-order valence-electron chi connectivity index (χ1n) is 6.60. The summed E-state index contributed by atoms with van der Waals surface area (Å²) in [4.78, 5) is 12.9. The fourth-order valence-electron chi connectivity index (χ4n) is 2.19. The Morgan fingerprint density at radius 1 is 1.00 bits per heavy atom. The van der Waals surface area contributed by atoms with Crippen LogP contribution >= 0.6 is 0 Å². The van der Waals surface area contributed by atoms with E-state index in [9.17, 15) is 0 Å². The van der Waals surface area contributed by atoms with Crippen molar-refractivity contribution in [2.75, 3.05) is 10.7 Å². The van der Waals surface area contributed by atoms with Gasteiger partial charge in [-0.05, 0) is 26.0 Å². The minimum Gasteiger partial charge on any atom is -0.338 e. The monoisotopic (exact) mass is 280 g/mol. The highest BCUT2D eigenvalue weighted by atomic mass is 15.3. The fraction of sp³-hybridized carbons (Fsp3) is 0.133. The lowest BCUT2D eigenvalue weighted by atomic mass is 10.1. The number of aryl methyl sites for hydroxylation is 1. The average Bonchev–Trinajstić information content (AvgIpc) is 2.50. The number of benzene rings is 1. The number of pyridine rings is 1. The molecule has 6 nitrogen and oxygen atoms in total. The van der Waals surface area contributed by atoms with Gasteiger partial charge >= 0.3 is 0 Å². The van der Waals surface area contributed by atoms with Crippen molar-refractivity contribution in [3.63, 3.8) is 0 Å². The normalized spacial score (nSPS) is 10.6. The molecule has 0 aliphatic carbocycles. The van der Waals surface area contributed by atoms with Gasteiger partial charge in [-0.3, -0.25) is 4.98 Å². The summed E-state index contributed by atoms with van der Waals surface area (Å²) in [5, 5.41) is 4.39. The van der Waals surface area contributed by atoms with Gasteiger partial charge in [0.25, 0.3) is 0 Å².